The van der Waals surface area contributed by atoms with E-state index >= 15 is 0 Å². The van der Waals surface area contributed by atoms with E-state index < -0.39 is 6.04 Å². The zero-order valence-electron chi connectivity index (χ0n) is 16.8. The van der Waals surface area contributed by atoms with Gasteiger partial charge in [-0.25, -0.2) is 0 Å². The Labute approximate surface area is 175 Å². The van der Waals surface area contributed by atoms with E-state index in [2.05, 4.69) is 0 Å². The van der Waals surface area contributed by atoms with Crippen molar-refractivity contribution < 1.29 is 19.1 Å². The largest absolute Gasteiger partial charge is 0.497 e. The second-order valence-electron chi connectivity index (χ2n) is 6.87. The van der Waals surface area contributed by atoms with Crippen LogP contribution in [0.15, 0.2) is 78.9 Å². The molecule has 0 aliphatic carbocycles. The van der Waals surface area contributed by atoms with Crippen molar-refractivity contribution in [3.8, 4) is 11.5 Å². The highest BCUT2D eigenvalue weighted by Gasteiger charge is 2.42. The Morgan fingerprint density at radius 1 is 0.800 bits per heavy atom. The molecule has 0 bridgehead atoms. The van der Waals surface area contributed by atoms with Crippen molar-refractivity contribution in [2.45, 2.75) is 6.04 Å². The second kappa shape index (κ2) is 8.29. The molecule has 6 heteroatoms. The smallest absolute Gasteiger partial charge is 0.255 e. The van der Waals surface area contributed by atoms with Crippen molar-refractivity contribution >= 4 is 23.2 Å². The molecule has 3 aromatic rings. The molecule has 1 aliphatic rings. The summed E-state index contributed by atoms with van der Waals surface area (Å²) in [5, 5.41) is 0. The summed E-state index contributed by atoms with van der Waals surface area (Å²) in [4.78, 5) is 30.1. The lowest BCUT2D eigenvalue weighted by Gasteiger charge is -2.40. The van der Waals surface area contributed by atoms with Gasteiger partial charge in [0.15, 0.2) is 0 Å². The Hall–Kier alpha value is -3.80. The zero-order valence-corrected chi connectivity index (χ0v) is 16.8. The number of rotatable bonds is 5. The summed E-state index contributed by atoms with van der Waals surface area (Å²) in [5.41, 5.74) is 1.96. The molecule has 0 spiro atoms. The van der Waals surface area contributed by atoms with Crippen LogP contribution in [0, 0.1) is 0 Å². The van der Waals surface area contributed by atoms with E-state index in [0.29, 0.717) is 22.9 Å². The fourth-order valence-corrected chi connectivity index (χ4v) is 3.71. The Morgan fingerprint density at radius 3 is 2.13 bits per heavy atom. The van der Waals surface area contributed by atoms with Gasteiger partial charge in [-0.1, -0.05) is 42.5 Å². The molecule has 2 amide bonds. The molecule has 0 radical (unpaired) electrons. The molecule has 152 valence electrons. The number of para-hydroxylation sites is 2. The number of hydrogen-bond donors (Lipinski definition) is 0. The summed E-state index contributed by atoms with van der Waals surface area (Å²) in [7, 11) is 3.13. The van der Waals surface area contributed by atoms with Gasteiger partial charge in [-0.3, -0.25) is 19.4 Å². The van der Waals surface area contributed by atoms with E-state index in [1.54, 1.807) is 55.5 Å². The summed E-state index contributed by atoms with van der Waals surface area (Å²) < 4.78 is 10.7. The highest BCUT2D eigenvalue weighted by atomic mass is 16.5. The highest BCUT2D eigenvalue weighted by molar-refractivity contribution is 6.15. The number of carbonyl (C=O) groups is 2. The summed E-state index contributed by atoms with van der Waals surface area (Å²) in [5.74, 6) is 0.852. The van der Waals surface area contributed by atoms with E-state index in [9.17, 15) is 9.59 Å². The van der Waals surface area contributed by atoms with E-state index in [1.807, 2.05) is 42.5 Å². The average Bonchev–Trinajstić information content (AvgIpc) is 2.80. The maximum Gasteiger partial charge on any atom is 0.255 e. The van der Waals surface area contributed by atoms with Crippen molar-refractivity contribution in [2.75, 3.05) is 30.6 Å². The minimum Gasteiger partial charge on any atom is -0.497 e. The Bertz CT molecular complexity index is 1050. The Kier molecular flexibility index (Phi) is 5.39. The molecule has 1 fully saturated rings. The molecular weight excluding hydrogens is 380 g/mol. The number of carbonyl (C=O) groups excluding carboxylic acids is 2. The molecule has 1 unspecified atom stereocenters. The predicted molar refractivity (Wildman–Crippen MR) is 115 cm³/mol. The van der Waals surface area contributed by atoms with Gasteiger partial charge in [0, 0.05) is 5.69 Å². The number of amides is 2. The molecule has 1 aliphatic heterocycles. The van der Waals surface area contributed by atoms with Gasteiger partial charge in [-0.05, 0) is 42.0 Å². The van der Waals surface area contributed by atoms with Crippen LogP contribution in [-0.2, 0) is 9.59 Å². The first-order valence-electron chi connectivity index (χ1n) is 9.59. The quantitative estimate of drug-likeness (QED) is 0.651. The van der Waals surface area contributed by atoms with Crippen LogP contribution < -0.4 is 19.3 Å². The number of ether oxygens (including phenoxy) is 2. The van der Waals surface area contributed by atoms with Crippen LogP contribution in [0.25, 0.3) is 0 Å². The van der Waals surface area contributed by atoms with Gasteiger partial charge in [0.2, 0.25) is 5.91 Å². The molecule has 4 rings (SSSR count). The zero-order chi connectivity index (χ0) is 21.1. The van der Waals surface area contributed by atoms with Gasteiger partial charge in [0.05, 0.1) is 19.9 Å². The standard InChI is InChI=1S/C24H22N2O4/c1-29-19-14-12-18(13-15-19)26-22(27)16-25(20-10-6-7-11-21(20)30-2)24(28)23(26)17-8-4-3-5-9-17/h3-15,23H,16H2,1-2H3. The lowest BCUT2D eigenvalue weighted by Crippen LogP contribution is -2.56. The monoisotopic (exact) mass is 402 g/mol. The second-order valence-corrected chi connectivity index (χ2v) is 6.87. The van der Waals surface area contributed by atoms with Crippen LogP contribution in [-0.4, -0.2) is 32.6 Å². The van der Waals surface area contributed by atoms with E-state index in [4.69, 9.17) is 9.47 Å². The third-order valence-corrected chi connectivity index (χ3v) is 5.16. The van der Waals surface area contributed by atoms with Gasteiger partial charge >= 0.3 is 0 Å². The number of benzene rings is 3. The normalized spacial score (nSPS) is 16.5. The molecule has 30 heavy (non-hydrogen) atoms. The Morgan fingerprint density at radius 2 is 1.47 bits per heavy atom. The van der Waals surface area contributed by atoms with Crippen molar-refractivity contribution in [1.29, 1.82) is 0 Å². The van der Waals surface area contributed by atoms with Crippen molar-refractivity contribution in [3.63, 3.8) is 0 Å². The van der Waals surface area contributed by atoms with E-state index in [0.717, 1.165) is 5.56 Å². The van der Waals surface area contributed by atoms with Crippen LogP contribution in [0.2, 0.25) is 0 Å². The van der Waals surface area contributed by atoms with Crippen LogP contribution in [0.4, 0.5) is 11.4 Å². The minimum absolute atomic E-state index is 0.0748. The van der Waals surface area contributed by atoms with Crippen LogP contribution >= 0.6 is 0 Å². The number of anilines is 2. The van der Waals surface area contributed by atoms with Gasteiger partial charge in [-0.15, -0.1) is 0 Å². The molecule has 0 aromatic heterocycles. The molecule has 0 N–H and O–H groups in total. The summed E-state index contributed by atoms with van der Waals surface area (Å²) in [6.45, 7) is -0.0748. The maximum atomic E-state index is 13.7. The maximum absolute atomic E-state index is 13.7. The van der Waals surface area contributed by atoms with E-state index in [-0.39, 0.29) is 18.4 Å². The first-order valence-corrected chi connectivity index (χ1v) is 9.59. The minimum atomic E-state index is -0.786. The topological polar surface area (TPSA) is 59.1 Å². The molecule has 1 saturated heterocycles. The molecule has 1 atom stereocenters. The molecule has 1 heterocycles. The average molecular weight is 402 g/mol. The van der Waals surface area contributed by atoms with Gasteiger partial charge in [0.1, 0.15) is 24.1 Å². The molecule has 6 nitrogen and oxygen atoms in total. The van der Waals surface area contributed by atoms with Crippen LogP contribution in [0.5, 0.6) is 11.5 Å². The number of methoxy groups -OCH3 is 2. The first kappa shape index (κ1) is 19.5. The SMILES string of the molecule is COc1ccc(N2C(=O)CN(c3ccccc3OC)C(=O)C2c2ccccc2)cc1. The van der Waals surface area contributed by atoms with Crippen LogP contribution in [0.3, 0.4) is 0 Å². The Balaban J connectivity index is 1.80. The van der Waals surface area contributed by atoms with E-state index in [1.165, 1.54) is 4.90 Å². The van der Waals surface area contributed by atoms with Crippen molar-refractivity contribution in [2.24, 2.45) is 0 Å². The third kappa shape index (κ3) is 3.48. The predicted octanol–water partition coefficient (Wildman–Crippen LogP) is 3.82. The molecular formula is C24H22N2O4. The molecule has 0 saturated carbocycles. The summed E-state index contributed by atoms with van der Waals surface area (Å²) in [6.07, 6.45) is 0. The first-order chi connectivity index (χ1) is 14.6. The van der Waals surface area contributed by atoms with Gasteiger partial charge < -0.3 is 9.47 Å². The van der Waals surface area contributed by atoms with Crippen molar-refractivity contribution in [1.82, 2.24) is 0 Å². The van der Waals surface area contributed by atoms with Crippen molar-refractivity contribution in [3.05, 3.63) is 84.4 Å². The fourth-order valence-electron chi connectivity index (χ4n) is 3.71. The van der Waals surface area contributed by atoms with Gasteiger partial charge in [0.25, 0.3) is 5.91 Å². The highest BCUT2D eigenvalue weighted by Crippen LogP contribution is 2.37. The lowest BCUT2D eigenvalue weighted by atomic mass is 9.99. The molecule has 3 aromatic carbocycles. The summed E-state index contributed by atoms with van der Waals surface area (Å²) in [6, 6.07) is 22.9. The van der Waals surface area contributed by atoms with Crippen LogP contribution in [0.1, 0.15) is 11.6 Å². The number of nitrogens with zero attached hydrogens (tertiary/aromatic N) is 2. The third-order valence-electron chi connectivity index (χ3n) is 5.16. The number of piperazine rings is 1. The fraction of sp³-hybridized carbons (Fsp3) is 0.167. The lowest BCUT2D eigenvalue weighted by molar-refractivity contribution is -0.128. The summed E-state index contributed by atoms with van der Waals surface area (Å²) >= 11 is 0. The van der Waals surface area contributed by atoms with Gasteiger partial charge in [-0.2, -0.15) is 0 Å². The number of hydrogen-bond acceptors (Lipinski definition) is 4.